The van der Waals surface area contributed by atoms with Crippen LogP contribution < -0.4 is 0 Å². The number of allylic oxidation sites excluding steroid dienone is 4. The van der Waals surface area contributed by atoms with Crippen LogP contribution in [0, 0.1) is 34.5 Å². The smallest absolute Gasteiger partial charge is 0.306 e. The van der Waals surface area contributed by atoms with Gasteiger partial charge in [-0.15, -0.1) is 0 Å². The molecule has 8 atom stereocenters. The topological polar surface area (TPSA) is 107 Å². The van der Waals surface area contributed by atoms with E-state index in [2.05, 4.69) is 6.92 Å². The second-order valence-electron chi connectivity index (χ2n) is 11.3. The molecule has 3 saturated carbocycles. The Labute approximate surface area is 207 Å². The standard InChI is InChI=1S/C28H38O7/c1-6-23(32)34-15-22(31)28(35-24(33)7-2)16(3)12-20-19-9-8-17-13-18(29)10-11-26(17,4)25(19)21(30)14-27(20,28)5/h10-11,13,16,19-21,25,30H,6-9,12,14-15H2,1-5H3/t16-,19+,20+,21+,25?,26+,27+,28+/m1/s1. The molecule has 0 spiro atoms. The maximum Gasteiger partial charge on any atom is 0.306 e. The average molecular weight is 487 g/mol. The summed E-state index contributed by atoms with van der Waals surface area (Å²) in [7, 11) is 0. The largest absolute Gasteiger partial charge is 0.457 e. The van der Waals surface area contributed by atoms with Crippen molar-refractivity contribution in [3.8, 4) is 0 Å². The van der Waals surface area contributed by atoms with E-state index in [1.165, 1.54) is 0 Å². The third-order valence-electron chi connectivity index (χ3n) is 9.67. The number of aliphatic hydroxyl groups is 1. The summed E-state index contributed by atoms with van der Waals surface area (Å²) in [6.45, 7) is 8.90. The summed E-state index contributed by atoms with van der Waals surface area (Å²) in [5.74, 6) is -1.63. The van der Waals surface area contributed by atoms with Crippen molar-refractivity contribution in [3.05, 3.63) is 23.8 Å². The van der Waals surface area contributed by atoms with Crippen molar-refractivity contribution in [1.29, 1.82) is 0 Å². The molecule has 4 aliphatic rings. The molecular formula is C28H38O7. The Morgan fingerprint density at radius 3 is 2.49 bits per heavy atom. The number of ether oxygens (including phenoxy) is 2. The van der Waals surface area contributed by atoms with E-state index >= 15 is 0 Å². The first-order valence-electron chi connectivity index (χ1n) is 13.0. The lowest BCUT2D eigenvalue weighted by molar-refractivity contribution is -0.206. The molecule has 0 radical (unpaired) electrons. The fourth-order valence-corrected chi connectivity index (χ4v) is 8.12. The van der Waals surface area contributed by atoms with Crippen LogP contribution in [0.25, 0.3) is 0 Å². The summed E-state index contributed by atoms with van der Waals surface area (Å²) < 4.78 is 11.3. The summed E-state index contributed by atoms with van der Waals surface area (Å²) in [5.41, 5.74) is -1.64. The highest BCUT2D eigenvalue weighted by atomic mass is 16.6. The third kappa shape index (κ3) is 3.73. The number of fused-ring (bicyclic) bond motifs is 5. The predicted octanol–water partition coefficient (Wildman–Crippen LogP) is 3.73. The molecule has 0 aromatic heterocycles. The molecule has 0 bridgehead atoms. The molecule has 0 heterocycles. The van der Waals surface area contributed by atoms with Gasteiger partial charge in [-0.05, 0) is 49.7 Å². The maximum atomic E-state index is 13.8. The van der Waals surface area contributed by atoms with Gasteiger partial charge in [0, 0.05) is 35.5 Å². The van der Waals surface area contributed by atoms with E-state index in [1.54, 1.807) is 26.0 Å². The lowest BCUT2D eigenvalue weighted by Crippen LogP contribution is -2.64. The number of esters is 2. The average Bonchev–Trinajstić information content (AvgIpc) is 3.04. The zero-order valence-corrected chi connectivity index (χ0v) is 21.5. The van der Waals surface area contributed by atoms with Crippen LogP contribution in [0.15, 0.2) is 23.8 Å². The van der Waals surface area contributed by atoms with Crippen molar-refractivity contribution in [2.24, 2.45) is 34.5 Å². The second kappa shape index (κ2) is 8.99. The van der Waals surface area contributed by atoms with Crippen LogP contribution in [0.2, 0.25) is 0 Å². The van der Waals surface area contributed by atoms with Gasteiger partial charge in [0.05, 0.1) is 6.10 Å². The molecule has 7 nitrogen and oxygen atoms in total. The van der Waals surface area contributed by atoms with Crippen LogP contribution in [-0.4, -0.2) is 46.9 Å². The lowest BCUT2D eigenvalue weighted by Gasteiger charge is -2.60. The van der Waals surface area contributed by atoms with Crippen molar-refractivity contribution >= 4 is 23.5 Å². The van der Waals surface area contributed by atoms with Gasteiger partial charge in [0.2, 0.25) is 5.78 Å². The van der Waals surface area contributed by atoms with Crippen molar-refractivity contribution < 1.29 is 33.8 Å². The molecular weight excluding hydrogens is 448 g/mol. The summed E-state index contributed by atoms with van der Waals surface area (Å²) >= 11 is 0. The molecule has 35 heavy (non-hydrogen) atoms. The fraction of sp³-hybridized carbons (Fsp3) is 0.714. The lowest BCUT2D eigenvalue weighted by atomic mass is 9.46. The molecule has 7 heteroatoms. The van der Waals surface area contributed by atoms with Gasteiger partial charge in [-0.2, -0.15) is 0 Å². The molecule has 4 rings (SSSR count). The highest BCUT2D eigenvalue weighted by molar-refractivity contribution is 6.01. The molecule has 0 amide bonds. The number of hydrogen-bond acceptors (Lipinski definition) is 7. The van der Waals surface area contributed by atoms with Gasteiger partial charge in [0.25, 0.3) is 0 Å². The minimum Gasteiger partial charge on any atom is -0.457 e. The summed E-state index contributed by atoms with van der Waals surface area (Å²) in [6, 6.07) is 0. The SMILES string of the molecule is CCC(=O)OCC(=O)[C@@]1(OC(=O)CC)[C@H](C)C[C@H]2[C@@H]3CCC4=CC(=O)C=C[C@]4(C)C3[C@@H](O)C[C@@]21C. The van der Waals surface area contributed by atoms with Gasteiger partial charge in [-0.25, -0.2) is 0 Å². The Bertz CT molecular complexity index is 995. The Balaban J connectivity index is 1.76. The Hall–Kier alpha value is -2.28. The zero-order valence-electron chi connectivity index (χ0n) is 21.5. The predicted molar refractivity (Wildman–Crippen MR) is 128 cm³/mol. The summed E-state index contributed by atoms with van der Waals surface area (Å²) in [5, 5.41) is 11.7. The molecule has 3 fully saturated rings. The first-order valence-corrected chi connectivity index (χ1v) is 13.0. The molecule has 0 aromatic carbocycles. The maximum absolute atomic E-state index is 13.8. The number of rotatable bonds is 6. The normalized spacial score (nSPS) is 41.8. The van der Waals surface area contributed by atoms with E-state index in [-0.39, 0.29) is 48.7 Å². The van der Waals surface area contributed by atoms with E-state index in [1.807, 2.05) is 19.9 Å². The van der Waals surface area contributed by atoms with Crippen molar-refractivity contribution in [3.63, 3.8) is 0 Å². The first kappa shape index (κ1) is 25.8. The number of hydrogen-bond donors (Lipinski definition) is 1. The third-order valence-corrected chi connectivity index (χ3v) is 9.67. The molecule has 0 aromatic rings. The van der Waals surface area contributed by atoms with Gasteiger partial charge >= 0.3 is 11.9 Å². The van der Waals surface area contributed by atoms with Crippen LogP contribution in [-0.2, 0) is 28.7 Å². The summed E-state index contributed by atoms with van der Waals surface area (Å²) in [4.78, 5) is 50.4. The van der Waals surface area contributed by atoms with Crippen LogP contribution in [0.3, 0.4) is 0 Å². The van der Waals surface area contributed by atoms with Crippen LogP contribution in [0.5, 0.6) is 0 Å². The second-order valence-corrected chi connectivity index (χ2v) is 11.3. The Morgan fingerprint density at radius 1 is 1.14 bits per heavy atom. The van der Waals surface area contributed by atoms with Crippen molar-refractivity contribution in [1.82, 2.24) is 0 Å². The minimum atomic E-state index is -1.47. The summed E-state index contributed by atoms with van der Waals surface area (Å²) in [6.07, 6.45) is 7.31. The van der Waals surface area contributed by atoms with E-state index in [0.29, 0.717) is 6.42 Å². The van der Waals surface area contributed by atoms with E-state index in [9.17, 15) is 24.3 Å². The fourth-order valence-electron chi connectivity index (χ4n) is 8.12. The van der Waals surface area contributed by atoms with Gasteiger partial charge < -0.3 is 14.6 Å². The van der Waals surface area contributed by atoms with Crippen LogP contribution in [0.4, 0.5) is 0 Å². The molecule has 1 N–H and O–H groups in total. The van der Waals surface area contributed by atoms with E-state index in [0.717, 1.165) is 18.4 Å². The van der Waals surface area contributed by atoms with Gasteiger partial charge in [-0.3, -0.25) is 19.2 Å². The molecule has 4 aliphatic carbocycles. The number of aliphatic hydroxyl groups excluding tert-OH is 1. The molecule has 0 saturated heterocycles. The number of carbonyl (C=O) groups excluding carboxylic acids is 4. The molecule has 1 unspecified atom stereocenters. The van der Waals surface area contributed by atoms with Gasteiger partial charge in [-0.1, -0.05) is 46.3 Å². The number of carbonyl (C=O) groups is 4. The van der Waals surface area contributed by atoms with E-state index < -0.39 is 46.9 Å². The van der Waals surface area contributed by atoms with Crippen LogP contribution >= 0.6 is 0 Å². The quantitative estimate of drug-likeness (QED) is 0.570. The van der Waals surface area contributed by atoms with Gasteiger partial charge in [0.15, 0.2) is 18.0 Å². The minimum absolute atomic E-state index is 0.0155. The van der Waals surface area contributed by atoms with Gasteiger partial charge in [0.1, 0.15) is 0 Å². The Kier molecular flexibility index (Phi) is 6.62. The highest BCUT2D eigenvalue weighted by Gasteiger charge is 2.72. The highest BCUT2D eigenvalue weighted by Crippen LogP contribution is 2.69. The molecule has 192 valence electrons. The monoisotopic (exact) mass is 486 g/mol. The van der Waals surface area contributed by atoms with Crippen LogP contribution in [0.1, 0.15) is 73.1 Å². The molecule has 0 aliphatic heterocycles. The Morgan fingerprint density at radius 2 is 1.83 bits per heavy atom. The zero-order chi connectivity index (χ0) is 25.8. The van der Waals surface area contributed by atoms with Crippen molar-refractivity contribution in [2.45, 2.75) is 84.8 Å². The van der Waals surface area contributed by atoms with E-state index in [4.69, 9.17) is 9.47 Å². The van der Waals surface area contributed by atoms with Crippen molar-refractivity contribution in [2.75, 3.05) is 6.61 Å². The number of ketones is 2. The first-order chi connectivity index (χ1) is 16.4. The number of Topliss-reactive ketones (excluding diaryl/α,β-unsaturated/α-hetero) is 1.